The molecule has 1 N–H and O–H groups in total. The smallest absolute Gasteiger partial charge is 0.244 e. The van der Waals surface area contributed by atoms with Gasteiger partial charge in [0.15, 0.2) is 0 Å². The van der Waals surface area contributed by atoms with E-state index in [0.29, 0.717) is 12.4 Å². The Morgan fingerprint density at radius 3 is 2.33 bits per heavy atom. The molecule has 3 rings (SSSR count). The quantitative estimate of drug-likeness (QED) is 0.508. The zero-order valence-electron chi connectivity index (χ0n) is 14.6. The van der Waals surface area contributed by atoms with Crippen molar-refractivity contribution in [2.45, 2.75) is 13.0 Å². The van der Waals surface area contributed by atoms with Crippen molar-refractivity contribution in [1.29, 1.82) is 0 Å². The molecule has 0 heterocycles. The van der Waals surface area contributed by atoms with Crippen LogP contribution in [0.5, 0.6) is 5.75 Å². The maximum absolute atomic E-state index is 12.9. The first-order valence-electron chi connectivity index (χ1n) is 8.52. The predicted octanol–water partition coefficient (Wildman–Crippen LogP) is 4.10. The second kappa shape index (κ2) is 9.29. The van der Waals surface area contributed by atoms with E-state index in [1.807, 2.05) is 54.6 Å². The van der Waals surface area contributed by atoms with Gasteiger partial charge in [-0.15, -0.1) is 0 Å². The van der Waals surface area contributed by atoms with E-state index in [-0.39, 0.29) is 18.1 Å². The first-order valence-corrected chi connectivity index (χ1v) is 8.52. The molecule has 1 amide bonds. The first kappa shape index (κ1) is 18.3. The molecule has 0 saturated carbocycles. The Kier molecular flexibility index (Phi) is 6.30. The summed E-state index contributed by atoms with van der Waals surface area (Å²) >= 11 is 0. The number of nitrogens with zero attached hydrogens (tertiary/aromatic N) is 1. The molecule has 4 nitrogen and oxygen atoms in total. The number of amides is 1. The SMILES string of the molecule is O=C(Cc1ccccc1)N/N=C/c1ccc(OCc2ccc(F)cc2)cc1. The molecule has 0 atom stereocenters. The van der Waals surface area contributed by atoms with E-state index in [2.05, 4.69) is 10.5 Å². The number of benzene rings is 3. The Hall–Kier alpha value is -3.47. The number of hydrogen-bond donors (Lipinski definition) is 1. The Bertz CT molecular complexity index is 892. The van der Waals surface area contributed by atoms with Gasteiger partial charge in [-0.2, -0.15) is 5.10 Å². The van der Waals surface area contributed by atoms with Crippen molar-refractivity contribution >= 4 is 12.1 Å². The molecule has 0 aliphatic carbocycles. The van der Waals surface area contributed by atoms with E-state index in [1.54, 1.807) is 18.3 Å². The van der Waals surface area contributed by atoms with Crippen molar-refractivity contribution in [1.82, 2.24) is 5.43 Å². The number of nitrogens with one attached hydrogen (secondary N) is 1. The number of hydrogen-bond acceptors (Lipinski definition) is 3. The van der Waals surface area contributed by atoms with Crippen LogP contribution in [0, 0.1) is 5.82 Å². The lowest BCUT2D eigenvalue weighted by atomic mass is 10.1. The molecule has 0 radical (unpaired) electrons. The van der Waals surface area contributed by atoms with Gasteiger partial charge in [-0.3, -0.25) is 4.79 Å². The van der Waals surface area contributed by atoms with Crippen LogP contribution in [0.25, 0.3) is 0 Å². The summed E-state index contributed by atoms with van der Waals surface area (Å²) in [7, 11) is 0. The highest BCUT2D eigenvalue weighted by Gasteiger charge is 2.01. The molecule has 0 aliphatic rings. The summed E-state index contributed by atoms with van der Waals surface area (Å²) in [6.07, 6.45) is 1.86. The molecule has 3 aromatic carbocycles. The molecular weight excluding hydrogens is 343 g/mol. The summed E-state index contributed by atoms with van der Waals surface area (Å²) in [6.45, 7) is 0.364. The fourth-order valence-corrected chi connectivity index (χ4v) is 2.40. The third-order valence-corrected chi connectivity index (χ3v) is 3.81. The summed E-state index contributed by atoms with van der Waals surface area (Å²) in [5.74, 6) is 0.263. The van der Waals surface area contributed by atoms with Crippen LogP contribution in [0.1, 0.15) is 16.7 Å². The van der Waals surface area contributed by atoms with E-state index >= 15 is 0 Å². The van der Waals surface area contributed by atoms with Crippen LogP contribution in [0.4, 0.5) is 4.39 Å². The monoisotopic (exact) mass is 362 g/mol. The maximum Gasteiger partial charge on any atom is 0.244 e. The second-order valence-electron chi connectivity index (χ2n) is 5.94. The Morgan fingerprint density at radius 1 is 0.926 bits per heavy atom. The predicted molar refractivity (Wildman–Crippen MR) is 103 cm³/mol. The number of carbonyl (C=O) groups is 1. The molecule has 0 unspecified atom stereocenters. The molecule has 3 aromatic rings. The van der Waals surface area contributed by atoms with Crippen molar-refractivity contribution in [3.8, 4) is 5.75 Å². The second-order valence-corrected chi connectivity index (χ2v) is 5.94. The van der Waals surface area contributed by atoms with E-state index in [9.17, 15) is 9.18 Å². The normalized spacial score (nSPS) is 10.7. The average Bonchev–Trinajstić information content (AvgIpc) is 2.69. The van der Waals surface area contributed by atoms with Gasteiger partial charge in [-0.1, -0.05) is 42.5 Å². The minimum absolute atomic E-state index is 0.170. The highest BCUT2D eigenvalue weighted by atomic mass is 19.1. The summed E-state index contributed by atoms with van der Waals surface area (Å²) in [5.41, 5.74) is 5.18. The topological polar surface area (TPSA) is 50.7 Å². The zero-order valence-corrected chi connectivity index (χ0v) is 14.6. The van der Waals surface area contributed by atoms with Crippen LogP contribution in [-0.2, 0) is 17.8 Å². The molecule has 27 heavy (non-hydrogen) atoms. The van der Waals surface area contributed by atoms with Gasteiger partial charge in [0, 0.05) is 0 Å². The number of hydrazone groups is 1. The average molecular weight is 362 g/mol. The molecule has 5 heteroatoms. The minimum Gasteiger partial charge on any atom is -0.489 e. The number of rotatable bonds is 7. The van der Waals surface area contributed by atoms with Crippen LogP contribution < -0.4 is 10.2 Å². The third kappa shape index (κ3) is 6.08. The molecule has 0 aliphatic heterocycles. The van der Waals surface area contributed by atoms with E-state index < -0.39 is 0 Å². The van der Waals surface area contributed by atoms with Crippen molar-refractivity contribution in [2.24, 2.45) is 5.10 Å². The van der Waals surface area contributed by atoms with E-state index in [0.717, 1.165) is 16.7 Å². The largest absolute Gasteiger partial charge is 0.489 e. The molecule has 0 aromatic heterocycles. The number of ether oxygens (including phenoxy) is 1. The van der Waals surface area contributed by atoms with Gasteiger partial charge in [0.2, 0.25) is 5.91 Å². The maximum atomic E-state index is 12.9. The first-order chi connectivity index (χ1) is 13.2. The molecule has 0 saturated heterocycles. The molecule has 0 spiro atoms. The van der Waals surface area contributed by atoms with Crippen LogP contribution in [0.3, 0.4) is 0 Å². The third-order valence-electron chi connectivity index (χ3n) is 3.81. The van der Waals surface area contributed by atoms with Crippen molar-refractivity contribution in [3.63, 3.8) is 0 Å². The van der Waals surface area contributed by atoms with Crippen LogP contribution in [0.2, 0.25) is 0 Å². The highest BCUT2D eigenvalue weighted by Crippen LogP contribution is 2.14. The van der Waals surface area contributed by atoms with Gasteiger partial charge >= 0.3 is 0 Å². The van der Waals surface area contributed by atoms with Gasteiger partial charge in [0.05, 0.1) is 12.6 Å². The fraction of sp³-hybridized carbons (Fsp3) is 0.0909. The summed E-state index contributed by atoms with van der Waals surface area (Å²) < 4.78 is 18.5. The number of halogens is 1. The number of carbonyl (C=O) groups excluding carboxylic acids is 1. The fourth-order valence-electron chi connectivity index (χ4n) is 2.40. The summed E-state index contributed by atoms with van der Waals surface area (Å²) in [5, 5.41) is 3.97. The standard InChI is InChI=1S/C22H19FN2O2/c23-20-10-6-19(7-11-20)16-27-21-12-8-18(9-13-21)15-24-25-22(26)14-17-4-2-1-3-5-17/h1-13,15H,14,16H2,(H,25,26)/b24-15+. The lowest BCUT2D eigenvalue weighted by molar-refractivity contribution is -0.120. The van der Waals surface area contributed by atoms with Crippen LogP contribution in [0.15, 0.2) is 84.0 Å². The van der Waals surface area contributed by atoms with Gasteiger partial charge in [-0.05, 0) is 53.1 Å². The highest BCUT2D eigenvalue weighted by molar-refractivity contribution is 5.83. The van der Waals surface area contributed by atoms with Gasteiger partial charge in [0.1, 0.15) is 18.2 Å². The van der Waals surface area contributed by atoms with Gasteiger partial charge in [-0.25, -0.2) is 9.82 Å². The van der Waals surface area contributed by atoms with Gasteiger partial charge in [0.25, 0.3) is 0 Å². The minimum atomic E-state index is -0.266. The molecular formula is C22H19FN2O2. The summed E-state index contributed by atoms with van der Waals surface area (Å²) in [4.78, 5) is 11.8. The van der Waals surface area contributed by atoms with E-state index in [4.69, 9.17) is 4.74 Å². The molecule has 136 valence electrons. The molecule has 0 fully saturated rings. The lowest BCUT2D eigenvalue weighted by Gasteiger charge is -2.06. The zero-order chi connectivity index (χ0) is 18.9. The Labute approximate surface area is 157 Å². The Morgan fingerprint density at radius 2 is 1.63 bits per heavy atom. The van der Waals surface area contributed by atoms with Crippen molar-refractivity contribution < 1.29 is 13.9 Å². The van der Waals surface area contributed by atoms with Crippen LogP contribution in [-0.4, -0.2) is 12.1 Å². The van der Waals surface area contributed by atoms with Crippen molar-refractivity contribution in [2.75, 3.05) is 0 Å². The lowest BCUT2D eigenvalue weighted by Crippen LogP contribution is -2.19. The van der Waals surface area contributed by atoms with Crippen LogP contribution >= 0.6 is 0 Å². The summed E-state index contributed by atoms with van der Waals surface area (Å²) in [6, 6.07) is 23.0. The van der Waals surface area contributed by atoms with E-state index in [1.165, 1.54) is 12.1 Å². The molecule has 0 bridgehead atoms. The van der Waals surface area contributed by atoms with Crippen molar-refractivity contribution in [3.05, 3.63) is 101 Å². The Balaban J connectivity index is 1.46. The van der Waals surface area contributed by atoms with Gasteiger partial charge < -0.3 is 4.74 Å².